The summed E-state index contributed by atoms with van der Waals surface area (Å²) in [6.07, 6.45) is 10.3. The van der Waals surface area contributed by atoms with E-state index in [-0.39, 0.29) is 24.9 Å². The maximum absolute atomic E-state index is 13.0. The average Bonchev–Trinajstić information content (AvgIpc) is 4.14. The number of hydrogen-bond acceptors (Lipinski definition) is 10. The molecule has 2 fully saturated rings. The topological polar surface area (TPSA) is 166 Å². The van der Waals surface area contributed by atoms with Crippen molar-refractivity contribution >= 4 is 68.5 Å². The van der Waals surface area contributed by atoms with Gasteiger partial charge in [0.05, 0.1) is 10.8 Å². The molecule has 2 aromatic carbocycles. The van der Waals surface area contributed by atoms with Crippen LogP contribution in [0.2, 0.25) is 10.0 Å². The van der Waals surface area contributed by atoms with Crippen molar-refractivity contribution in [3.63, 3.8) is 0 Å². The highest BCUT2D eigenvalue weighted by Crippen LogP contribution is 2.28. The van der Waals surface area contributed by atoms with Gasteiger partial charge in [0.1, 0.15) is 24.5 Å². The third kappa shape index (κ3) is 8.43. The summed E-state index contributed by atoms with van der Waals surface area (Å²) in [6.45, 7) is 10.1. The molecule has 0 radical (unpaired) electrons. The molecule has 0 bridgehead atoms. The molecule has 2 aliphatic heterocycles. The average molecular weight is 872 g/mol. The number of rotatable bonds is 8. The first kappa shape index (κ1) is 40.6. The minimum atomic E-state index is 0.0352. The fraction of sp³-hybridized carbons (Fsp3) is 0.273. The number of H-pyrrole nitrogens is 2. The number of halogens is 2. The Kier molecular flexibility index (Phi) is 11.6. The lowest BCUT2D eigenvalue weighted by Crippen LogP contribution is -2.49. The van der Waals surface area contributed by atoms with E-state index in [0.717, 1.165) is 69.5 Å². The summed E-state index contributed by atoms with van der Waals surface area (Å²) in [5.41, 5.74) is 7.15. The van der Waals surface area contributed by atoms with Crippen molar-refractivity contribution in [1.29, 1.82) is 0 Å². The van der Waals surface area contributed by atoms with Gasteiger partial charge in [-0.05, 0) is 85.6 Å². The quantitative estimate of drug-likeness (QED) is 0.178. The number of aryl methyl sites for hydroxylation is 2. The molecule has 0 unspecified atom stereocenters. The van der Waals surface area contributed by atoms with E-state index in [1.807, 2.05) is 72.2 Å². The van der Waals surface area contributed by atoms with E-state index in [2.05, 4.69) is 62.0 Å². The zero-order valence-corrected chi connectivity index (χ0v) is 35.8. The first-order valence-corrected chi connectivity index (χ1v) is 21.2. The normalized spacial score (nSPS) is 14.4. The molecule has 0 atom stereocenters. The number of carbonyl (C=O) groups is 2. The number of piperazine rings is 2. The van der Waals surface area contributed by atoms with E-state index < -0.39 is 0 Å². The van der Waals surface area contributed by atoms with E-state index in [1.54, 1.807) is 46.5 Å². The molecule has 2 amide bonds. The molecule has 8 heterocycles. The lowest BCUT2D eigenvalue weighted by atomic mass is 10.2. The van der Waals surface area contributed by atoms with Crippen LogP contribution in [0.3, 0.4) is 0 Å². The zero-order valence-electron chi connectivity index (χ0n) is 34.2. The predicted molar refractivity (Wildman–Crippen MR) is 240 cm³/mol. The molecule has 18 heteroatoms. The lowest BCUT2D eigenvalue weighted by Gasteiger charge is -2.36. The zero-order chi connectivity index (χ0) is 42.7. The van der Waals surface area contributed by atoms with Crippen LogP contribution in [0.1, 0.15) is 11.1 Å². The molecule has 62 heavy (non-hydrogen) atoms. The predicted octanol–water partition coefficient (Wildman–Crippen LogP) is 6.26. The van der Waals surface area contributed by atoms with Gasteiger partial charge in [-0.15, -0.1) is 0 Å². The fourth-order valence-electron chi connectivity index (χ4n) is 7.91. The molecular weight excluding hydrogens is 827 g/mol. The molecule has 0 saturated carbocycles. The van der Waals surface area contributed by atoms with E-state index in [0.29, 0.717) is 60.5 Å². The molecule has 2 aliphatic rings. The monoisotopic (exact) mass is 870 g/mol. The standard InChI is InChI=1S/2C22H22ClN7O/c2*1-15-13-16(4-5-18(15)23)28-9-11-29(12-10-28)19(31)14-30-22-17(3-2-6-26-22)20(27-30)21-24-7-8-25-21/h2*2-8,13H,9-12,14H2,1H3,(H,24,25). The van der Waals surface area contributed by atoms with E-state index in [9.17, 15) is 9.59 Å². The molecule has 6 aromatic heterocycles. The van der Waals surface area contributed by atoms with Crippen LogP contribution in [0.15, 0.2) is 97.8 Å². The number of aromatic amines is 2. The number of hydrogen-bond donors (Lipinski definition) is 2. The number of anilines is 2. The highest BCUT2D eigenvalue weighted by atomic mass is 35.5. The summed E-state index contributed by atoms with van der Waals surface area (Å²) in [6, 6.07) is 19.7. The first-order chi connectivity index (χ1) is 30.2. The minimum absolute atomic E-state index is 0.0352. The fourth-order valence-corrected chi connectivity index (χ4v) is 8.15. The first-order valence-electron chi connectivity index (χ1n) is 20.4. The van der Waals surface area contributed by atoms with Crippen molar-refractivity contribution in [2.75, 3.05) is 62.2 Å². The van der Waals surface area contributed by atoms with Gasteiger partial charge in [0.15, 0.2) is 22.9 Å². The van der Waals surface area contributed by atoms with Gasteiger partial charge in [-0.2, -0.15) is 10.2 Å². The Morgan fingerprint density at radius 2 is 0.984 bits per heavy atom. The Balaban J connectivity index is 0.000000158. The smallest absolute Gasteiger partial charge is 0.244 e. The SMILES string of the molecule is Cc1cc(N2CCN(C(=O)Cn3nc(-c4ncc[nH]4)c4cccnc43)CC2)ccc1Cl.Cc1cc(N2CCN(C(=O)Cn3nc(-c4ncc[nH]4)c4cccnc43)CC2)ccc1Cl. The second kappa shape index (κ2) is 17.7. The van der Waals surface area contributed by atoms with Crippen LogP contribution in [0, 0.1) is 13.8 Å². The summed E-state index contributed by atoms with van der Waals surface area (Å²) >= 11 is 12.3. The number of imidazole rings is 2. The Hall–Kier alpha value is -6.78. The summed E-state index contributed by atoms with van der Waals surface area (Å²) in [7, 11) is 0. The van der Waals surface area contributed by atoms with Gasteiger partial charge < -0.3 is 29.6 Å². The summed E-state index contributed by atoms with van der Waals surface area (Å²) in [5.74, 6) is 1.40. The number of pyridine rings is 2. The highest BCUT2D eigenvalue weighted by molar-refractivity contribution is 6.31. The van der Waals surface area contributed by atoms with Crippen LogP contribution in [-0.2, 0) is 22.7 Å². The second-order valence-electron chi connectivity index (χ2n) is 15.2. The Labute approximate surface area is 367 Å². The number of nitrogens with one attached hydrogen (secondary N) is 2. The lowest BCUT2D eigenvalue weighted by molar-refractivity contribution is -0.133. The van der Waals surface area contributed by atoms with Crippen LogP contribution >= 0.6 is 23.2 Å². The molecule has 316 valence electrons. The Morgan fingerprint density at radius 3 is 1.35 bits per heavy atom. The minimum Gasteiger partial charge on any atom is -0.368 e. The number of carbonyl (C=O) groups excluding carboxylic acids is 2. The number of aromatic nitrogens is 10. The number of fused-ring (bicyclic) bond motifs is 2. The van der Waals surface area contributed by atoms with Crippen molar-refractivity contribution in [3.8, 4) is 23.0 Å². The third-order valence-electron chi connectivity index (χ3n) is 11.3. The molecule has 16 nitrogen and oxygen atoms in total. The van der Waals surface area contributed by atoms with Crippen molar-refractivity contribution in [1.82, 2.24) is 59.3 Å². The van der Waals surface area contributed by atoms with Gasteiger partial charge >= 0.3 is 0 Å². The molecule has 0 aliphatic carbocycles. The molecule has 2 N–H and O–H groups in total. The van der Waals surface area contributed by atoms with Gasteiger partial charge in [0.2, 0.25) is 11.8 Å². The van der Waals surface area contributed by atoms with Crippen molar-refractivity contribution < 1.29 is 9.59 Å². The molecular formula is C44H44Cl2N14O2. The van der Waals surface area contributed by atoms with Crippen LogP contribution in [-0.4, -0.2) is 123 Å². The van der Waals surface area contributed by atoms with Crippen LogP contribution in [0.5, 0.6) is 0 Å². The van der Waals surface area contributed by atoms with Crippen LogP contribution in [0.25, 0.3) is 45.1 Å². The molecule has 10 rings (SSSR count). The van der Waals surface area contributed by atoms with Crippen molar-refractivity contribution in [2.24, 2.45) is 0 Å². The number of amides is 2. The van der Waals surface area contributed by atoms with Crippen molar-refractivity contribution in [3.05, 3.63) is 119 Å². The summed E-state index contributed by atoms with van der Waals surface area (Å²) in [4.78, 5) is 58.1. The van der Waals surface area contributed by atoms with Gasteiger partial charge in [-0.3, -0.25) is 9.59 Å². The number of benzene rings is 2. The maximum atomic E-state index is 13.0. The molecule has 8 aromatic rings. The van der Waals surface area contributed by atoms with Gasteiger partial charge in [0.25, 0.3) is 0 Å². The number of nitrogens with zero attached hydrogens (tertiary/aromatic N) is 12. The highest BCUT2D eigenvalue weighted by Gasteiger charge is 2.26. The van der Waals surface area contributed by atoms with Crippen molar-refractivity contribution in [2.45, 2.75) is 26.9 Å². The summed E-state index contributed by atoms with van der Waals surface area (Å²) in [5, 5.41) is 12.6. The molecule has 2 saturated heterocycles. The van der Waals surface area contributed by atoms with Gasteiger partial charge in [0, 0.05) is 111 Å². The second-order valence-corrected chi connectivity index (χ2v) is 16.1. The maximum Gasteiger partial charge on any atom is 0.244 e. The largest absolute Gasteiger partial charge is 0.368 e. The van der Waals surface area contributed by atoms with Crippen LogP contribution in [0.4, 0.5) is 11.4 Å². The van der Waals surface area contributed by atoms with Gasteiger partial charge in [-0.1, -0.05) is 23.2 Å². The van der Waals surface area contributed by atoms with E-state index in [4.69, 9.17) is 23.2 Å². The van der Waals surface area contributed by atoms with E-state index in [1.165, 1.54) is 0 Å². The van der Waals surface area contributed by atoms with E-state index >= 15 is 0 Å². The van der Waals surface area contributed by atoms with Crippen LogP contribution < -0.4 is 9.80 Å². The van der Waals surface area contributed by atoms with Gasteiger partial charge in [-0.25, -0.2) is 29.3 Å². The Bertz CT molecular complexity index is 2650. The Morgan fingerprint density at radius 1 is 0.565 bits per heavy atom. The molecule has 0 spiro atoms. The third-order valence-corrected chi connectivity index (χ3v) is 12.2. The summed E-state index contributed by atoms with van der Waals surface area (Å²) < 4.78 is 3.34.